The Kier molecular flexibility index (Phi) is 13.1. The highest BCUT2D eigenvalue weighted by molar-refractivity contribution is 5.71. The molecule has 8 heteroatoms. The number of para-hydroxylation sites is 4. The zero-order valence-electron chi connectivity index (χ0n) is 37.1. The molecule has 4 aromatic carbocycles. The Morgan fingerprint density at radius 1 is 0.333 bits per heavy atom. The number of fused-ring (bicyclic) bond motifs is 4. The van der Waals surface area contributed by atoms with E-state index in [9.17, 15) is 0 Å². The number of aliphatic imine (C=N–C) groups is 4. The van der Waals surface area contributed by atoms with Gasteiger partial charge in [0.25, 0.3) is 0 Å². The van der Waals surface area contributed by atoms with E-state index in [0.29, 0.717) is 23.7 Å². The Morgan fingerprint density at radius 3 is 0.810 bits per heavy atom. The summed E-state index contributed by atoms with van der Waals surface area (Å²) in [6.07, 6.45) is 24.1. The SMILES string of the molecule is C1=Nc2c(cccc2C2CCCCC2)OCC2(COc3cccc(C4CCCCC4)c3N=1)COc1cccc(C3CCCCC3)c1N=C=Nc1c(cccc1C1CCCCC1)OC2. The van der Waals surface area contributed by atoms with Crippen LogP contribution in [0.15, 0.2) is 92.8 Å². The van der Waals surface area contributed by atoms with Gasteiger partial charge in [0, 0.05) is 0 Å². The third-order valence-corrected chi connectivity index (χ3v) is 15.1. The van der Waals surface area contributed by atoms with Gasteiger partial charge in [-0.3, -0.25) is 0 Å². The second-order valence-electron chi connectivity index (χ2n) is 19.4. The quantitative estimate of drug-likeness (QED) is 0.205. The Labute approximate surface area is 374 Å². The summed E-state index contributed by atoms with van der Waals surface area (Å²) in [5.41, 5.74) is 7.36. The molecule has 6 aliphatic rings. The van der Waals surface area contributed by atoms with Gasteiger partial charge in [-0.2, -0.15) is 20.0 Å². The van der Waals surface area contributed by atoms with E-state index in [1.807, 2.05) is 24.3 Å². The predicted octanol–water partition coefficient (Wildman–Crippen LogP) is 15.4. The average Bonchev–Trinajstić information content (AvgIpc) is 3.34. The zero-order chi connectivity index (χ0) is 42.3. The van der Waals surface area contributed by atoms with Gasteiger partial charge in [-0.1, -0.05) is 126 Å². The molecule has 0 unspecified atom stereocenters. The molecule has 2 aliphatic heterocycles. The van der Waals surface area contributed by atoms with Gasteiger partial charge >= 0.3 is 0 Å². The number of nitrogens with zero attached hydrogens (tertiary/aromatic N) is 4. The van der Waals surface area contributed by atoms with Crippen molar-refractivity contribution in [3.63, 3.8) is 0 Å². The molecular formula is C55H64N4O4. The summed E-state index contributed by atoms with van der Waals surface area (Å²) in [4.78, 5) is 20.3. The van der Waals surface area contributed by atoms with Crippen molar-refractivity contribution >= 4 is 34.8 Å². The first-order chi connectivity index (χ1) is 31.2. The molecule has 0 aromatic heterocycles. The molecule has 4 saturated carbocycles. The van der Waals surface area contributed by atoms with Crippen LogP contribution in [0.3, 0.4) is 0 Å². The fourth-order valence-corrected chi connectivity index (χ4v) is 11.5. The first-order valence-corrected chi connectivity index (χ1v) is 24.6. The molecule has 0 atom stereocenters. The van der Waals surface area contributed by atoms with E-state index in [1.165, 1.54) is 99.3 Å². The Bertz CT molecular complexity index is 2030. The van der Waals surface area contributed by atoms with Crippen molar-refractivity contribution in [1.29, 1.82) is 0 Å². The summed E-state index contributed by atoms with van der Waals surface area (Å²) in [7, 11) is 0. The van der Waals surface area contributed by atoms with Gasteiger partial charge < -0.3 is 18.9 Å². The van der Waals surface area contributed by atoms with Crippen LogP contribution in [0, 0.1) is 5.41 Å². The van der Waals surface area contributed by atoms with E-state index in [-0.39, 0.29) is 26.4 Å². The zero-order valence-corrected chi connectivity index (χ0v) is 37.1. The first-order valence-electron chi connectivity index (χ1n) is 24.6. The molecule has 0 saturated heterocycles. The van der Waals surface area contributed by atoms with E-state index in [2.05, 4.69) is 60.5 Å². The van der Waals surface area contributed by atoms with Crippen molar-refractivity contribution in [3.05, 3.63) is 95.1 Å². The predicted molar refractivity (Wildman–Crippen MR) is 252 cm³/mol. The molecule has 4 fully saturated rings. The number of hydrogen-bond donors (Lipinski definition) is 0. The first kappa shape index (κ1) is 41.8. The summed E-state index contributed by atoms with van der Waals surface area (Å²) in [6.45, 7) is 1.06. The van der Waals surface area contributed by atoms with Crippen LogP contribution in [0.2, 0.25) is 0 Å². The van der Waals surface area contributed by atoms with Crippen LogP contribution in [0.25, 0.3) is 0 Å². The summed E-state index contributed by atoms with van der Waals surface area (Å²) in [6, 6.07) is 32.0. The minimum Gasteiger partial charge on any atom is -0.490 e. The van der Waals surface area contributed by atoms with Crippen LogP contribution in [-0.2, 0) is 0 Å². The van der Waals surface area contributed by atoms with Crippen LogP contribution in [0.1, 0.15) is 174 Å². The largest absolute Gasteiger partial charge is 0.490 e. The van der Waals surface area contributed by atoms with Gasteiger partial charge in [0.2, 0.25) is 0 Å². The lowest BCUT2D eigenvalue weighted by molar-refractivity contribution is -0.00304. The van der Waals surface area contributed by atoms with Gasteiger partial charge in [-0.05, 0) is 122 Å². The minimum atomic E-state index is -0.800. The summed E-state index contributed by atoms with van der Waals surface area (Å²) >= 11 is 0. The summed E-state index contributed by atoms with van der Waals surface area (Å²) < 4.78 is 28.2. The lowest BCUT2D eigenvalue weighted by atomic mass is 9.83. The highest BCUT2D eigenvalue weighted by Crippen LogP contribution is 2.48. The fraction of sp³-hybridized carbons (Fsp3) is 0.527. The summed E-state index contributed by atoms with van der Waals surface area (Å²) in [5.74, 6) is 4.55. The van der Waals surface area contributed by atoms with Crippen LogP contribution in [-0.4, -0.2) is 38.4 Å². The molecule has 0 radical (unpaired) electrons. The van der Waals surface area contributed by atoms with Crippen molar-refractivity contribution < 1.29 is 18.9 Å². The minimum absolute atomic E-state index is 0.264. The third-order valence-electron chi connectivity index (χ3n) is 15.1. The molecule has 63 heavy (non-hydrogen) atoms. The highest BCUT2D eigenvalue weighted by Gasteiger charge is 2.38. The maximum absolute atomic E-state index is 7.06. The van der Waals surface area contributed by atoms with Crippen LogP contribution in [0.5, 0.6) is 23.0 Å². The second-order valence-corrected chi connectivity index (χ2v) is 19.4. The molecule has 4 aliphatic carbocycles. The smallest absolute Gasteiger partial charge is 0.146 e. The standard InChI is InChI=1S/C55H64N4O4/c1-5-17-39(18-6-1)43-25-13-29-47-51(43)56-37-57-52-44(40-19-7-2-8-20-40)26-14-30-48(52)61-34-55(33-60-47)35-62-49-31-15-27-45(41-21-9-3-10-22-41)53(49)58-38-59-54-46(42-23-11-4-12-24-42)28-16-32-50(54)63-36-55/h13-16,25-32,39-42H,1-12,17-24,33-36H2. The van der Waals surface area contributed by atoms with E-state index in [0.717, 1.165) is 97.1 Å². The molecule has 4 aromatic rings. The maximum Gasteiger partial charge on any atom is 0.146 e. The molecule has 2 heterocycles. The number of hydrogen-bond acceptors (Lipinski definition) is 8. The maximum atomic E-state index is 7.06. The van der Waals surface area contributed by atoms with Crippen molar-refractivity contribution in [2.45, 2.75) is 152 Å². The van der Waals surface area contributed by atoms with E-state index >= 15 is 0 Å². The van der Waals surface area contributed by atoms with Crippen molar-refractivity contribution in [1.82, 2.24) is 0 Å². The molecule has 0 N–H and O–H groups in total. The second kappa shape index (κ2) is 19.7. The van der Waals surface area contributed by atoms with Gasteiger partial charge in [0.05, 0.1) is 0 Å². The van der Waals surface area contributed by atoms with Crippen LogP contribution in [0.4, 0.5) is 22.7 Å². The topological polar surface area (TPSA) is 86.4 Å². The number of rotatable bonds is 4. The normalized spacial score (nSPS) is 22.9. The number of ether oxygens (including phenoxy) is 4. The Balaban J connectivity index is 1.11. The fourth-order valence-electron chi connectivity index (χ4n) is 11.5. The van der Waals surface area contributed by atoms with E-state index in [4.69, 9.17) is 38.9 Å². The lowest BCUT2D eigenvalue weighted by Gasteiger charge is -2.34. The van der Waals surface area contributed by atoms with Gasteiger partial charge in [-0.25, -0.2) is 0 Å². The number of benzene rings is 4. The third kappa shape index (κ3) is 9.40. The summed E-state index contributed by atoms with van der Waals surface area (Å²) in [5, 5.41) is 0. The van der Waals surface area contributed by atoms with Crippen molar-refractivity contribution in [2.24, 2.45) is 25.4 Å². The molecule has 0 bridgehead atoms. The van der Waals surface area contributed by atoms with Crippen LogP contribution < -0.4 is 18.9 Å². The molecular weight excluding hydrogens is 781 g/mol. The van der Waals surface area contributed by atoms with Gasteiger partial charge in [0.1, 0.15) is 89.6 Å². The molecule has 10 rings (SSSR count). The molecule has 8 nitrogen and oxygen atoms in total. The van der Waals surface area contributed by atoms with E-state index < -0.39 is 5.41 Å². The molecule has 0 amide bonds. The highest BCUT2D eigenvalue weighted by atomic mass is 16.5. The Morgan fingerprint density at radius 2 is 0.571 bits per heavy atom. The van der Waals surface area contributed by atoms with Gasteiger partial charge in [0.15, 0.2) is 0 Å². The van der Waals surface area contributed by atoms with Crippen molar-refractivity contribution in [3.8, 4) is 23.0 Å². The Hall–Kier alpha value is -5.16. The molecule has 1 spiro atoms. The average molecular weight is 845 g/mol. The monoisotopic (exact) mass is 844 g/mol. The lowest BCUT2D eigenvalue weighted by Crippen LogP contribution is -2.45. The van der Waals surface area contributed by atoms with Crippen LogP contribution >= 0.6 is 0 Å². The van der Waals surface area contributed by atoms with Crippen molar-refractivity contribution in [2.75, 3.05) is 26.4 Å². The molecule has 328 valence electrons. The van der Waals surface area contributed by atoms with E-state index in [1.54, 1.807) is 0 Å². The van der Waals surface area contributed by atoms with Gasteiger partial charge in [-0.15, -0.1) is 0 Å².